The van der Waals surface area contributed by atoms with Gasteiger partial charge in [0.1, 0.15) is 11.6 Å². The van der Waals surface area contributed by atoms with Gasteiger partial charge >= 0.3 is 0 Å². The normalized spacial score (nSPS) is 15.8. The zero-order valence-corrected chi connectivity index (χ0v) is 17.0. The number of hydrogen-bond acceptors (Lipinski definition) is 6. The van der Waals surface area contributed by atoms with E-state index in [1.54, 1.807) is 9.20 Å². The Morgan fingerprint density at radius 3 is 2.67 bits per heavy atom. The van der Waals surface area contributed by atoms with Crippen LogP contribution in [0.2, 0.25) is 0 Å². The Morgan fingerprint density at radius 2 is 1.90 bits per heavy atom. The van der Waals surface area contributed by atoms with E-state index in [2.05, 4.69) is 20.6 Å². The van der Waals surface area contributed by atoms with Gasteiger partial charge in [-0.05, 0) is 50.6 Å². The van der Waals surface area contributed by atoms with Gasteiger partial charge in [0, 0.05) is 17.9 Å². The summed E-state index contributed by atoms with van der Waals surface area (Å²) < 4.78 is 8.89. The molecule has 1 aromatic carbocycles. The van der Waals surface area contributed by atoms with Crippen LogP contribution in [0.3, 0.4) is 0 Å². The molecule has 9 heteroatoms. The lowest BCUT2D eigenvalue weighted by Crippen LogP contribution is -2.25. The minimum atomic E-state index is -0.0847. The lowest BCUT2D eigenvalue weighted by Gasteiger charge is -2.24. The SMILES string of the molecule is CCOc1ccc([C@H]2CC(=O)Nc3c2c(C)nn3-c2ccc3nnc(C)n3n2)cc1. The summed E-state index contributed by atoms with van der Waals surface area (Å²) in [5.74, 6) is 2.60. The molecule has 5 rings (SSSR count). The highest BCUT2D eigenvalue weighted by atomic mass is 16.5. The van der Waals surface area contributed by atoms with Crippen LogP contribution in [0.5, 0.6) is 5.75 Å². The Labute approximate surface area is 172 Å². The molecule has 0 saturated carbocycles. The van der Waals surface area contributed by atoms with Crippen molar-refractivity contribution >= 4 is 17.4 Å². The number of aryl methyl sites for hydroxylation is 2. The van der Waals surface area contributed by atoms with E-state index < -0.39 is 0 Å². The maximum Gasteiger partial charge on any atom is 0.226 e. The molecule has 0 radical (unpaired) electrons. The molecule has 152 valence electrons. The molecule has 9 nitrogen and oxygen atoms in total. The average molecular weight is 403 g/mol. The van der Waals surface area contributed by atoms with Crippen molar-refractivity contribution in [2.45, 2.75) is 33.1 Å². The summed E-state index contributed by atoms with van der Waals surface area (Å²) in [7, 11) is 0. The molecular weight excluding hydrogens is 382 g/mol. The van der Waals surface area contributed by atoms with Crippen LogP contribution in [0.4, 0.5) is 5.82 Å². The van der Waals surface area contributed by atoms with Gasteiger partial charge in [-0.3, -0.25) is 4.79 Å². The number of rotatable bonds is 4. The first-order chi connectivity index (χ1) is 14.5. The molecule has 0 bridgehead atoms. The molecule has 0 spiro atoms. The van der Waals surface area contributed by atoms with E-state index in [4.69, 9.17) is 9.84 Å². The third-order valence-electron chi connectivity index (χ3n) is 5.32. The molecule has 30 heavy (non-hydrogen) atoms. The Hall–Kier alpha value is -3.75. The Balaban J connectivity index is 1.61. The third kappa shape index (κ3) is 2.90. The van der Waals surface area contributed by atoms with E-state index in [1.165, 1.54) is 0 Å². The number of nitrogens with zero attached hydrogens (tertiary/aromatic N) is 6. The summed E-state index contributed by atoms with van der Waals surface area (Å²) >= 11 is 0. The van der Waals surface area contributed by atoms with Crippen LogP contribution >= 0.6 is 0 Å². The van der Waals surface area contributed by atoms with E-state index in [1.807, 2.05) is 57.2 Å². The van der Waals surface area contributed by atoms with Crippen molar-refractivity contribution in [2.24, 2.45) is 0 Å². The fraction of sp³-hybridized carbons (Fsp3) is 0.286. The van der Waals surface area contributed by atoms with Crippen molar-refractivity contribution in [3.8, 4) is 11.6 Å². The van der Waals surface area contributed by atoms with Gasteiger partial charge in [0.25, 0.3) is 0 Å². The highest BCUT2D eigenvalue weighted by Crippen LogP contribution is 2.40. The first kappa shape index (κ1) is 18.3. The van der Waals surface area contributed by atoms with Gasteiger partial charge in [0.05, 0.1) is 12.3 Å². The molecule has 4 aromatic rings. The predicted octanol–water partition coefficient (Wildman–Crippen LogP) is 2.80. The lowest BCUT2D eigenvalue weighted by molar-refractivity contribution is -0.116. The summed E-state index contributed by atoms with van der Waals surface area (Å²) in [4.78, 5) is 12.6. The predicted molar refractivity (Wildman–Crippen MR) is 110 cm³/mol. The molecule has 1 N–H and O–H groups in total. The van der Waals surface area contributed by atoms with Gasteiger partial charge in [0.15, 0.2) is 17.3 Å². The number of carbonyl (C=O) groups is 1. The van der Waals surface area contributed by atoms with Crippen LogP contribution in [0, 0.1) is 13.8 Å². The molecule has 3 aromatic heterocycles. The smallest absolute Gasteiger partial charge is 0.226 e. The van der Waals surface area contributed by atoms with E-state index >= 15 is 0 Å². The number of carbonyl (C=O) groups excluding carboxylic acids is 1. The number of nitrogens with one attached hydrogen (secondary N) is 1. The molecule has 0 fully saturated rings. The quantitative estimate of drug-likeness (QED) is 0.563. The van der Waals surface area contributed by atoms with Crippen molar-refractivity contribution in [1.29, 1.82) is 0 Å². The molecule has 1 aliphatic rings. The highest BCUT2D eigenvalue weighted by molar-refractivity contribution is 5.95. The van der Waals surface area contributed by atoms with Crippen LogP contribution in [0.1, 0.15) is 41.9 Å². The second kappa shape index (κ2) is 6.94. The van der Waals surface area contributed by atoms with Gasteiger partial charge in [-0.25, -0.2) is 0 Å². The van der Waals surface area contributed by atoms with E-state index in [-0.39, 0.29) is 11.8 Å². The fourth-order valence-corrected chi connectivity index (χ4v) is 3.96. The van der Waals surface area contributed by atoms with Crippen LogP contribution in [-0.4, -0.2) is 42.1 Å². The molecule has 1 amide bonds. The molecule has 0 saturated heterocycles. The summed E-state index contributed by atoms with van der Waals surface area (Å²) in [6.45, 7) is 6.36. The third-order valence-corrected chi connectivity index (χ3v) is 5.32. The molecule has 1 aliphatic heterocycles. The largest absolute Gasteiger partial charge is 0.494 e. The molecule has 0 aliphatic carbocycles. The number of anilines is 1. The summed E-state index contributed by atoms with van der Waals surface area (Å²) in [6.07, 6.45) is 0.366. The average Bonchev–Trinajstić information content (AvgIpc) is 3.28. The first-order valence-corrected chi connectivity index (χ1v) is 9.86. The maximum atomic E-state index is 12.6. The van der Waals surface area contributed by atoms with E-state index in [0.29, 0.717) is 36.1 Å². The zero-order chi connectivity index (χ0) is 20.8. The number of amides is 1. The second-order valence-corrected chi connectivity index (χ2v) is 7.28. The van der Waals surface area contributed by atoms with Gasteiger partial charge < -0.3 is 10.1 Å². The van der Waals surface area contributed by atoms with Crippen molar-refractivity contribution in [1.82, 2.24) is 29.6 Å². The van der Waals surface area contributed by atoms with Gasteiger partial charge in [-0.2, -0.15) is 14.3 Å². The van der Waals surface area contributed by atoms with Crippen LogP contribution in [-0.2, 0) is 4.79 Å². The number of benzene rings is 1. The van der Waals surface area contributed by atoms with Crippen molar-refractivity contribution in [2.75, 3.05) is 11.9 Å². The molecular formula is C21H21N7O2. The van der Waals surface area contributed by atoms with Crippen molar-refractivity contribution in [3.63, 3.8) is 0 Å². The topological polar surface area (TPSA) is 99.2 Å². The summed E-state index contributed by atoms with van der Waals surface area (Å²) in [5, 5.41) is 20.4. The standard InChI is InChI=1S/C21H21N7O2/c1-4-30-15-7-5-14(6-8-15)16-11-19(29)22-21-20(16)12(2)25-28(21)18-10-9-17-24-23-13(3)27(17)26-18/h5-10,16H,4,11H2,1-3H3,(H,22,29)/t16-/m1/s1. The second-order valence-electron chi connectivity index (χ2n) is 7.28. The summed E-state index contributed by atoms with van der Waals surface area (Å²) in [5.41, 5.74) is 3.56. The number of ether oxygens (including phenoxy) is 1. The number of fused-ring (bicyclic) bond motifs is 2. The van der Waals surface area contributed by atoms with Crippen LogP contribution in [0.25, 0.3) is 11.5 Å². The number of aromatic nitrogens is 6. The summed E-state index contributed by atoms with van der Waals surface area (Å²) in [6, 6.07) is 11.6. The Bertz CT molecular complexity index is 1260. The minimum Gasteiger partial charge on any atom is -0.494 e. The van der Waals surface area contributed by atoms with Gasteiger partial charge in [-0.1, -0.05) is 12.1 Å². The molecule has 1 atom stereocenters. The maximum absolute atomic E-state index is 12.6. The van der Waals surface area contributed by atoms with Gasteiger partial charge in [-0.15, -0.1) is 15.3 Å². The monoisotopic (exact) mass is 403 g/mol. The Morgan fingerprint density at radius 1 is 1.10 bits per heavy atom. The Kier molecular flexibility index (Phi) is 4.23. The minimum absolute atomic E-state index is 0.0518. The van der Waals surface area contributed by atoms with E-state index in [9.17, 15) is 4.79 Å². The zero-order valence-electron chi connectivity index (χ0n) is 17.0. The van der Waals surface area contributed by atoms with Crippen LogP contribution < -0.4 is 10.1 Å². The van der Waals surface area contributed by atoms with Crippen LogP contribution in [0.15, 0.2) is 36.4 Å². The lowest BCUT2D eigenvalue weighted by atomic mass is 9.86. The van der Waals surface area contributed by atoms with Crippen molar-refractivity contribution in [3.05, 3.63) is 59.0 Å². The first-order valence-electron chi connectivity index (χ1n) is 9.86. The van der Waals surface area contributed by atoms with Gasteiger partial charge in [0.2, 0.25) is 5.91 Å². The highest BCUT2D eigenvalue weighted by Gasteiger charge is 2.33. The molecule has 0 unspecified atom stereocenters. The van der Waals surface area contributed by atoms with Crippen molar-refractivity contribution < 1.29 is 9.53 Å². The molecule has 4 heterocycles. The number of hydrogen-bond donors (Lipinski definition) is 1. The van der Waals surface area contributed by atoms with E-state index in [0.717, 1.165) is 22.6 Å². The fourth-order valence-electron chi connectivity index (χ4n) is 3.96.